The van der Waals surface area contributed by atoms with Gasteiger partial charge >= 0.3 is 0 Å². The number of pyridine rings is 1. The molecule has 0 unspecified atom stereocenters. The number of nitrogens with one attached hydrogen (secondary N) is 3. The summed E-state index contributed by atoms with van der Waals surface area (Å²) in [5.41, 5.74) is 5.24. The van der Waals surface area contributed by atoms with E-state index in [1.54, 1.807) is 48.8 Å². The minimum Gasteiger partial charge on any atom is -0.357 e. The molecule has 162 valence electrons. The van der Waals surface area contributed by atoms with Crippen LogP contribution < -0.4 is 10.6 Å². The number of anilines is 3. The number of aromatic nitrogens is 4. The van der Waals surface area contributed by atoms with Crippen LogP contribution >= 0.6 is 11.6 Å². The van der Waals surface area contributed by atoms with Gasteiger partial charge in [-0.05, 0) is 61.0 Å². The standard InChI is InChI=1S/C25H19ClN6O/c1-15-7-8-16(25(33)29-19-6-2-5-18(26)13-19)12-21(15)31-24-22-20(9-11-28-22)30-23(32-24)17-4-3-10-27-14-17/h2-14,28H,1H3,(H,29,33)(H,30,31,32). The molecule has 5 rings (SSSR count). The number of amides is 1. The number of nitrogens with zero attached hydrogens (tertiary/aromatic N) is 3. The van der Waals surface area contributed by atoms with Crippen LogP contribution in [-0.4, -0.2) is 25.8 Å². The molecule has 33 heavy (non-hydrogen) atoms. The van der Waals surface area contributed by atoms with E-state index in [2.05, 4.69) is 25.6 Å². The number of carbonyl (C=O) groups is 1. The van der Waals surface area contributed by atoms with Gasteiger partial charge in [-0.3, -0.25) is 9.78 Å². The first-order valence-corrected chi connectivity index (χ1v) is 10.6. The third-order valence-corrected chi connectivity index (χ3v) is 5.40. The van der Waals surface area contributed by atoms with Crippen molar-refractivity contribution in [2.24, 2.45) is 0 Å². The first-order valence-electron chi connectivity index (χ1n) is 10.3. The molecule has 8 heteroatoms. The Labute approximate surface area is 194 Å². The summed E-state index contributed by atoms with van der Waals surface area (Å²) in [6, 6.07) is 18.2. The monoisotopic (exact) mass is 454 g/mol. The van der Waals surface area contributed by atoms with E-state index >= 15 is 0 Å². The third-order valence-electron chi connectivity index (χ3n) is 5.16. The van der Waals surface area contributed by atoms with Crippen LogP contribution in [-0.2, 0) is 0 Å². The number of halogens is 1. The normalized spacial score (nSPS) is 10.8. The van der Waals surface area contributed by atoms with Gasteiger partial charge in [-0.25, -0.2) is 9.97 Å². The van der Waals surface area contributed by atoms with Gasteiger partial charge in [-0.15, -0.1) is 0 Å². The number of rotatable bonds is 5. The molecule has 1 amide bonds. The highest BCUT2D eigenvalue weighted by Crippen LogP contribution is 2.28. The maximum Gasteiger partial charge on any atom is 0.255 e. The molecule has 7 nitrogen and oxygen atoms in total. The molecule has 3 heterocycles. The second kappa shape index (κ2) is 8.72. The van der Waals surface area contributed by atoms with Gasteiger partial charge in [0.1, 0.15) is 5.52 Å². The van der Waals surface area contributed by atoms with Crippen LogP contribution in [0.4, 0.5) is 17.2 Å². The van der Waals surface area contributed by atoms with E-state index in [-0.39, 0.29) is 5.91 Å². The van der Waals surface area contributed by atoms with E-state index < -0.39 is 0 Å². The van der Waals surface area contributed by atoms with Gasteiger partial charge in [0.15, 0.2) is 11.6 Å². The van der Waals surface area contributed by atoms with Crippen molar-refractivity contribution in [3.63, 3.8) is 0 Å². The first kappa shape index (κ1) is 20.7. The summed E-state index contributed by atoms with van der Waals surface area (Å²) < 4.78 is 0. The van der Waals surface area contributed by atoms with Crippen LogP contribution in [0.1, 0.15) is 15.9 Å². The Morgan fingerprint density at radius 1 is 1.03 bits per heavy atom. The van der Waals surface area contributed by atoms with Crippen LogP contribution in [0.15, 0.2) is 79.3 Å². The highest BCUT2D eigenvalue weighted by atomic mass is 35.5. The van der Waals surface area contributed by atoms with E-state index in [0.29, 0.717) is 27.9 Å². The fraction of sp³-hybridized carbons (Fsp3) is 0.0400. The maximum atomic E-state index is 12.8. The topological polar surface area (TPSA) is 95.6 Å². The number of hydrogen-bond acceptors (Lipinski definition) is 5. The van der Waals surface area contributed by atoms with Gasteiger partial charge in [0.2, 0.25) is 0 Å². The Kier molecular flexibility index (Phi) is 5.46. The summed E-state index contributed by atoms with van der Waals surface area (Å²) in [5, 5.41) is 6.81. The zero-order valence-corrected chi connectivity index (χ0v) is 18.4. The summed E-state index contributed by atoms with van der Waals surface area (Å²) in [6.45, 7) is 1.97. The van der Waals surface area contributed by atoms with Crippen molar-refractivity contribution >= 4 is 45.7 Å². The van der Waals surface area contributed by atoms with E-state index in [0.717, 1.165) is 27.8 Å². The molecule has 2 aromatic carbocycles. The summed E-state index contributed by atoms with van der Waals surface area (Å²) in [5.74, 6) is 0.939. The highest BCUT2D eigenvalue weighted by Gasteiger charge is 2.14. The van der Waals surface area contributed by atoms with Gasteiger partial charge in [0.05, 0.1) is 5.52 Å². The minimum atomic E-state index is -0.232. The largest absolute Gasteiger partial charge is 0.357 e. The maximum absolute atomic E-state index is 12.8. The van der Waals surface area contributed by atoms with Crippen molar-refractivity contribution in [2.45, 2.75) is 6.92 Å². The van der Waals surface area contributed by atoms with E-state index in [9.17, 15) is 4.79 Å². The second-order valence-corrected chi connectivity index (χ2v) is 7.93. The van der Waals surface area contributed by atoms with Crippen molar-refractivity contribution in [2.75, 3.05) is 10.6 Å². The minimum absolute atomic E-state index is 0.232. The van der Waals surface area contributed by atoms with Crippen LogP contribution in [0, 0.1) is 6.92 Å². The van der Waals surface area contributed by atoms with Crippen molar-refractivity contribution in [3.8, 4) is 11.4 Å². The molecular weight excluding hydrogens is 436 g/mol. The lowest BCUT2D eigenvalue weighted by atomic mass is 10.1. The fourth-order valence-electron chi connectivity index (χ4n) is 3.45. The van der Waals surface area contributed by atoms with Crippen LogP contribution in [0.2, 0.25) is 5.02 Å². The van der Waals surface area contributed by atoms with Crippen LogP contribution in [0.3, 0.4) is 0 Å². The van der Waals surface area contributed by atoms with Crippen molar-refractivity contribution in [3.05, 3.63) is 95.4 Å². The molecular formula is C25H19ClN6O. The van der Waals surface area contributed by atoms with Gasteiger partial charge in [-0.1, -0.05) is 23.7 Å². The predicted octanol–water partition coefficient (Wildman–Crippen LogP) is 5.98. The lowest BCUT2D eigenvalue weighted by Crippen LogP contribution is -2.12. The Hall–Kier alpha value is -4.23. The number of aromatic amines is 1. The number of aryl methyl sites for hydroxylation is 1. The molecule has 3 aromatic heterocycles. The zero-order valence-electron chi connectivity index (χ0n) is 17.6. The van der Waals surface area contributed by atoms with Gasteiger partial charge in [0, 0.05) is 46.1 Å². The second-order valence-electron chi connectivity index (χ2n) is 7.49. The fourth-order valence-corrected chi connectivity index (χ4v) is 3.64. The van der Waals surface area contributed by atoms with Crippen LogP contribution in [0.5, 0.6) is 0 Å². The Balaban J connectivity index is 1.48. The number of carbonyl (C=O) groups excluding carboxylic acids is 1. The average molecular weight is 455 g/mol. The number of H-pyrrole nitrogens is 1. The molecule has 0 spiro atoms. The van der Waals surface area contributed by atoms with E-state index in [1.807, 2.05) is 37.4 Å². The predicted molar refractivity (Wildman–Crippen MR) is 131 cm³/mol. The zero-order chi connectivity index (χ0) is 22.8. The molecule has 0 saturated heterocycles. The molecule has 5 aromatic rings. The average Bonchev–Trinajstić information content (AvgIpc) is 3.30. The third kappa shape index (κ3) is 4.40. The first-order chi connectivity index (χ1) is 16.1. The van der Waals surface area contributed by atoms with E-state index in [1.165, 1.54) is 0 Å². The molecule has 0 aliphatic rings. The molecule has 0 radical (unpaired) electrons. The van der Waals surface area contributed by atoms with Gasteiger partial charge in [0.25, 0.3) is 5.91 Å². The molecule has 0 saturated carbocycles. The van der Waals surface area contributed by atoms with Gasteiger partial charge < -0.3 is 15.6 Å². The summed E-state index contributed by atoms with van der Waals surface area (Å²) in [6.07, 6.45) is 5.25. The quantitative estimate of drug-likeness (QED) is 0.303. The van der Waals surface area contributed by atoms with Crippen molar-refractivity contribution in [1.29, 1.82) is 0 Å². The Bertz CT molecular complexity index is 1460. The van der Waals surface area contributed by atoms with Gasteiger partial charge in [-0.2, -0.15) is 0 Å². The molecule has 0 atom stereocenters. The highest BCUT2D eigenvalue weighted by molar-refractivity contribution is 6.31. The number of fused-ring (bicyclic) bond motifs is 1. The lowest BCUT2D eigenvalue weighted by Gasteiger charge is -2.13. The number of hydrogen-bond donors (Lipinski definition) is 3. The van der Waals surface area contributed by atoms with E-state index in [4.69, 9.17) is 16.6 Å². The SMILES string of the molecule is Cc1ccc(C(=O)Nc2cccc(Cl)c2)cc1Nc1nc(-c2cccnc2)nc2cc[nH]c12. The van der Waals surface area contributed by atoms with Crippen LogP contribution in [0.25, 0.3) is 22.4 Å². The lowest BCUT2D eigenvalue weighted by molar-refractivity contribution is 0.102. The molecule has 0 bridgehead atoms. The Morgan fingerprint density at radius 2 is 1.94 bits per heavy atom. The summed E-state index contributed by atoms with van der Waals surface area (Å²) >= 11 is 6.03. The molecule has 3 N–H and O–H groups in total. The van der Waals surface area contributed by atoms with Crippen molar-refractivity contribution < 1.29 is 4.79 Å². The van der Waals surface area contributed by atoms with Crippen molar-refractivity contribution in [1.82, 2.24) is 19.9 Å². The smallest absolute Gasteiger partial charge is 0.255 e. The molecule has 0 aliphatic heterocycles. The molecule has 0 fully saturated rings. The Morgan fingerprint density at radius 3 is 2.76 bits per heavy atom. The number of benzene rings is 2. The summed E-state index contributed by atoms with van der Waals surface area (Å²) in [7, 11) is 0. The molecule has 0 aliphatic carbocycles. The summed E-state index contributed by atoms with van der Waals surface area (Å²) in [4.78, 5) is 29.5.